The van der Waals surface area contributed by atoms with E-state index in [2.05, 4.69) is 21.2 Å². The van der Waals surface area contributed by atoms with E-state index in [0.717, 1.165) is 10.0 Å². The largest absolute Gasteiger partial charge is 0.480 e. The van der Waals surface area contributed by atoms with Gasteiger partial charge in [0.15, 0.2) is 13.2 Å². The van der Waals surface area contributed by atoms with Gasteiger partial charge in [0, 0.05) is 4.47 Å². The zero-order valence-corrected chi connectivity index (χ0v) is 15.2. The van der Waals surface area contributed by atoms with Gasteiger partial charge in [-0.3, -0.25) is 4.79 Å². The Kier molecular flexibility index (Phi) is 6.63. The first-order valence-electron chi connectivity index (χ1n) is 7.04. The number of hydrogen-bond donors (Lipinski definition) is 1. The fourth-order valence-corrected chi connectivity index (χ4v) is 2.58. The summed E-state index contributed by atoms with van der Waals surface area (Å²) in [6, 6.07) is 12.3. The quantitative estimate of drug-likeness (QED) is 0.729. The SMILES string of the molecule is Cc1ccc(NC(=O)COC(=O)COc2ccccc2Cl)c(Br)c1. The van der Waals surface area contributed by atoms with Crippen molar-refractivity contribution in [2.45, 2.75) is 6.92 Å². The lowest BCUT2D eigenvalue weighted by atomic mass is 10.2. The highest BCUT2D eigenvalue weighted by Crippen LogP contribution is 2.24. The number of nitrogens with one attached hydrogen (secondary N) is 1. The van der Waals surface area contributed by atoms with Crippen LogP contribution in [0, 0.1) is 6.92 Å². The van der Waals surface area contributed by atoms with E-state index in [1.54, 1.807) is 30.3 Å². The number of benzene rings is 2. The van der Waals surface area contributed by atoms with Crippen molar-refractivity contribution in [3.63, 3.8) is 0 Å². The van der Waals surface area contributed by atoms with Gasteiger partial charge in [-0.1, -0.05) is 29.8 Å². The van der Waals surface area contributed by atoms with E-state index >= 15 is 0 Å². The first kappa shape index (κ1) is 18.3. The van der Waals surface area contributed by atoms with Crippen molar-refractivity contribution in [3.05, 3.63) is 57.5 Å². The van der Waals surface area contributed by atoms with Crippen LogP contribution in [-0.4, -0.2) is 25.1 Å². The fourth-order valence-electron chi connectivity index (χ4n) is 1.79. The smallest absolute Gasteiger partial charge is 0.344 e. The van der Waals surface area contributed by atoms with Crippen LogP contribution in [0.4, 0.5) is 5.69 Å². The maximum atomic E-state index is 11.8. The van der Waals surface area contributed by atoms with Gasteiger partial charge in [-0.15, -0.1) is 0 Å². The molecule has 0 aliphatic carbocycles. The summed E-state index contributed by atoms with van der Waals surface area (Å²) in [4.78, 5) is 23.4. The average Bonchev–Trinajstić information content (AvgIpc) is 2.55. The predicted octanol–water partition coefficient (Wildman–Crippen LogP) is 3.97. The van der Waals surface area contributed by atoms with Gasteiger partial charge in [-0.25, -0.2) is 4.79 Å². The van der Waals surface area contributed by atoms with Crippen molar-refractivity contribution in [2.75, 3.05) is 18.5 Å². The summed E-state index contributed by atoms with van der Waals surface area (Å²) in [5.41, 5.74) is 1.66. The Hall–Kier alpha value is -2.05. The highest BCUT2D eigenvalue weighted by molar-refractivity contribution is 9.10. The highest BCUT2D eigenvalue weighted by Gasteiger charge is 2.11. The number of anilines is 1. The predicted molar refractivity (Wildman–Crippen MR) is 95.4 cm³/mol. The molecule has 5 nitrogen and oxygen atoms in total. The number of carbonyl (C=O) groups is 2. The molecule has 2 aromatic carbocycles. The van der Waals surface area contributed by atoms with E-state index in [9.17, 15) is 9.59 Å². The molecule has 0 unspecified atom stereocenters. The maximum absolute atomic E-state index is 11.8. The van der Waals surface area contributed by atoms with Gasteiger partial charge < -0.3 is 14.8 Å². The normalized spacial score (nSPS) is 10.1. The molecular formula is C17H15BrClNO4. The third kappa shape index (κ3) is 5.54. The molecule has 1 amide bonds. The summed E-state index contributed by atoms with van der Waals surface area (Å²) in [7, 11) is 0. The molecule has 0 bridgehead atoms. The number of amides is 1. The lowest BCUT2D eigenvalue weighted by Gasteiger charge is -2.10. The zero-order chi connectivity index (χ0) is 17.5. The maximum Gasteiger partial charge on any atom is 0.344 e. The Bertz CT molecular complexity index is 751. The minimum Gasteiger partial charge on any atom is -0.480 e. The molecular weight excluding hydrogens is 398 g/mol. The summed E-state index contributed by atoms with van der Waals surface area (Å²) in [6.07, 6.45) is 0. The monoisotopic (exact) mass is 411 g/mol. The van der Waals surface area contributed by atoms with Crippen LogP contribution < -0.4 is 10.1 Å². The van der Waals surface area contributed by atoms with Crippen molar-refractivity contribution < 1.29 is 19.1 Å². The number of esters is 1. The molecule has 0 saturated carbocycles. The van der Waals surface area contributed by atoms with Crippen molar-refractivity contribution in [1.29, 1.82) is 0 Å². The summed E-state index contributed by atoms with van der Waals surface area (Å²) < 4.78 is 10.9. The number of hydrogen-bond acceptors (Lipinski definition) is 4. The molecule has 24 heavy (non-hydrogen) atoms. The standard InChI is InChI=1S/C17H15BrClNO4/c1-11-6-7-14(12(18)8-11)20-16(21)9-24-17(22)10-23-15-5-3-2-4-13(15)19/h2-8H,9-10H2,1H3,(H,20,21). The fraction of sp³-hybridized carbons (Fsp3) is 0.176. The summed E-state index contributed by atoms with van der Waals surface area (Å²) in [5.74, 6) is -0.720. The molecule has 1 N–H and O–H groups in total. The second-order valence-electron chi connectivity index (χ2n) is 4.91. The van der Waals surface area contributed by atoms with E-state index in [1.165, 1.54) is 0 Å². The number of aryl methyl sites for hydroxylation is 1. The van der Waals surface area contributed by atoms with Crippen LogP contribution >= 0.6 is 27.5 Å². The Balaban J connectivity index is 1.77. The Morgan fingerprint density at radius 3 is 2.62 bits per heavy atom. The van der Waals surface area contributed by atoms with Gasteiger partial charge in [0.2, 0.25) is 0 Å². The molecule has 0 aliphatic rings. The molecule has 126 valence electrons. The van der Waals surface area contributed by atoms with Crippen LogP contribution in [0.2, 0.25) is 5.02 Å². The Labute approximate surface area is 153 Å². The minimum atomic E-state index is -0.659. The van der Waals surface area contributed by atoms with Gasteiger partial charge in [-0.05, 0) is 52.7 Å². The van der Waals surface area contributed by atoms with Crippen LogP contribution in [0.1, 0.15) is 5.56 Å². The molecule has 0 heterocycles. The van der Waals surface area contributed by atoms with Crippen molar-refractivity contribution in [1.82, 2.24) is 0 Å². The first-order chi connectivity index (χ1) is 11.5. The van der Waals surface area contributed by atoms with E-state index in [0.29, 0.717) is 16.5 Å². The topological polar surface area (TPSA) is 64.6 Å². The lowest BCUT2D eigenvalue weighted by Crippen LogP contribution is -2.23. The van der Waals surface area contributed by atoms with Gasteiger partial charge in [0.25, 0.3) is 5.91 Å². The number of halogens is 2. The molecule has 0 atom stereocenters. The minimum absolute atomic E-state index is 0.328. The number of para-hydroxylation sites is 1. The van der Waals surface area contributed by atoms with Crippen LogP contribution in [0.15, 0.2) is 46.9 Å². The number of carbonyl (C=O) groups excluding carboxylic acids is 2. The zero-order valence-electron chi connectivity index (χ0n) is 12.8. The first-order valence-corrected chi connectivity index (χ1v) is 8.22. The van der Waals surface area contributed by atoms with Crippen LogP contribution in [-0.2, 0) is 14.3 Å². The molecule has 7 heteroatoms. The van der Waals surface area contributed by atoms with Crippen LogP contribution in [0.5, 0.6) is 5.75 Å². The van der Waals surface area contributed by atoms with E-state index < -0.39 is 18.5 Å². The van der Waals surface area contributed by atoms with E-state index in [-0.39, 0.29) is 6.61 Å². The third-order valence-electron chi connectivity index (χ3n) is 2.95. The van der Waals surface area contributed by atoms with Gasteiger partial charge in [-0.2, -0.15) is 0 Å². The van der Waals surface area contributed by atoms with Crippen LogP contribution in [0.25, 0.3) is 0 Å². The molecule has 0 aromatic heterocycles. The van der Waals surface area contributed by atoms with Gasteiger partial charge in [0.05, 0.1) is 10.7 Å². The second-order valence-corrected chi connectivity index (χ2v) is 6.17. The molecule has 0 fully saturated rings. The second kappa shape index (κ2) is 8.70. The van der Waals surface area contributed by atoms with Gasteiger partial charge >= 0.3 is 5.97 Å². The van der Waals surface area contributed by atoms with E-state index in [1.807, 2.05) is 19.1 Å². The molecule has 2 rings (SSSR count). The van der Waals surface area contributed by atoms with Crippen molar-refractivity contribution >= 4 is 45.1 Å². The molecule has 0 spiro atoms. The molecule has 0 radical (unpaired) electrons. The Morgan fingerprint density at radius 1 is 1.17 bits per heavy atom. The molecule has 0 saturated heterocycles. The highest BCUT2D eigenvalue weighted by atomic mass is 79.9. The van der Waals surface area contributed by atoms with Crippen molar-refractivity contribution in [3.8, 4) is 5.75 Å². The van der Waals surface area contributed by atoms with Gasteiger partial charge in [0.1, 0.15) is 5.75 Å². The average molecular weight is 413 g/mol. The molecule has 2 aromatic rings. The summed E-state index contributed by atoms with van der Waals surface area (Å²) >= 11 is 9.26. The number of ether oxygens (including phenoxy) is 2. The third-order valence-corrected chi connectivity index (χ3v) is 3.91. The van der Waals surface area contributed by atoms with E-state index in [4.69, 9.17) is 21.1 Å². The lowest BCUT2D eigenvalue weighted by molar-refractivity contribution is -0.149. The van der Waals surface area contributed by atoms with Crippen molar-refractivity contribution in [2.24, 2.45) is 0 Å². The Morgan fingerprint density at radius 2 is 1.92 bits per heavy atom. The number of rotatable bonds is 6. The summed E-state index contributed by atoms with van der Waals surface area (Å²) in [6.45, 7) is 1.22. The van der Waals surface area contributed by atoms with Crippen LogP contribution in [0.3, 0.4) is 0 Å². The summed E-state index contributed by atoms with van der Waals surface area (Å²) in [5, 5.41) is 3.05. The molecule has 0 aliphatic heterocycles.